The van der Waals surface area contributed by atoms with Crippen molar-refractivity contribution in [3.8, 4) is 17.2 Å². The van der Waals surface area contributed by atoms with Crippen molar-refractivity contribution in [2.24, 2.45) is 5.92 Å². The highest BCUT2D eigenvalue weighted by atomic mass is 19.1. The molecule has 3 atom stereocenters. The molecule has 0 amide bonds. The first kappa shape index (κ1) is 25.2. The van der Waals surface area contributed by atoms with Gasteiger partial charge in [0.15, 0.2) is 11.6 Å². The molecule has 0 radical (unpaired) electrons. The molecule has 5 rings (SSSR count). The lowest BCUT2D eigenvalue weighted by molar-refractivity contribution is 0.165. The molecule has 2 heterocycles. The fourth-order valence-electron chi connectivity index (χ4n) is 5.14. The van der Waals surface area contributed by atoms with E-state index < -0.39 is 17.7 Å². The highest BCUT2D eigenvalue weighted by molar-refractivity contribution is 5.95. The zero-order valence-electron chi connectivity index (χ0n) is 20.9. The second kappa shape index (κ2) is 10.5. The zero-order chi connectivity index (χ0) is 26.1. The summed E-state index contributed by atoms with van der Waals surface area (Å²) in [7, 11) is 0. The van der Waals surface area contributed by atoms with Crippen LogP contribution in [0.2, 0.25) is 0 Å². The van der Waals surface area contributed by atoms with Gasteiger partial charge in [0.05, 0.1) is 6.67 Å². The van der Waals surface area contributed by atoms with E-state index in [0.29, 0.717) is 23.7 Å². The van der Waals surface area contributed by atoms with E-state index >= 15 is 0 Å². The molecule has 3 aromatic rings. The van der Waals surface area contributed by atoms with Gasteiger partial charge in [-0.05, 0) is 73.8 Å². The molecule has 0 saturated carbocycles. The first-order chi connectivity index (χ1) is 17.8. The molecule has 0 aliphatic carbocycles. The van der Waals surface area contributed by atoms with E-state index in [4.69, 9.17) is 9.47 Å². The number of likely N-dealkylation sites (tertiary alicyclic amines) is 1. The summed E-state index contributed by atoms with van der Waals surface area (Å²) in [4.78, 5) is 2.26. The summed E-state index contributed by atoms with van der Waals surface area (Å²) >= 11 is 0. The number of hydrogen-bond donors (Lipinski definition) is 1. The standard InChI is InChI=1S/C30H30F3NO3/c1-18(34-12-11-20(15-31)16-34)17-36-24-9-5-22(6-10-24)30-29(21-3-7-23(32)8-4-21)19(2)25-13-27(35)26(33)14-28(25)37-30/h3-10,13-14,18,20,30,35H,11-12,15-17H2,1-2H3. The van der Waals surface area contributed by atoms with Crippen LogP contribution in [-0.4, -0.2) is 42.4 Å². The van der Waals surface area contributed by atoms with Crippen molar-refractivity contribution in [2.45, 2.75) is 32.4 Å². The molecule has 7 heteroatoms. The predicted molar refractivity (Wildman–Crippen MR) is 137 cm³/mol. The van der Waals surface area contributed by atoms with Gasteiger partial charge >= 0.3 is 0 Å². The van der Waals surface area contributed by atoms with Crippen LogP contribution in [0.5, 0.6) is 17.2 Å². The van der Waals surface area contributed by atoms with E-state index in [-0.39, 0.29) is 24.5 Å². The largest absolute Gasteiger partial charge is 0.505 e. The number of allylic oxidation sites excluding steroid dienone is 1. The van der Waals surface area contributed by atoms with Crippen molar-refractivity contribution in [2.75, 3.05) is 26.4 Å². The number of nitrogens with zero attached hydrogens (tertiary/aromatic N) is 1. The number of phenolic OH excluding ortho intramolecular Hbond substituents is 1. The number of ether oxygens (including phenoxy) is 2. The van der Waals surface area contributed by atoms with Gasteiger partial charge in [-0.1, -0.05) is 24.3 Å². The van der Waals surface area contributed by atoms with Crippen LogP contribution in [0.25, 0.3) is 11.1 Å². The number of benzene rings is 3. The lowest BCUT2D eigenvalue weighted by atomic mass is 9.86. The van der Waals surface area contributed by atoms with E-state index in [0.717, 1.165) is 41.8 Å². The van der Waals surface area contributed by atoms with Crippen LogP contribution in [0.3, 0.4) is 0 Å². The highest BCUT2D eigenvalue weighted by Gasteiger charge is 2.31. The molecule has 37 heavy (non-hydrogen) atoms. The van der Waals surface area contributed by atoms with Crippen molar-refractivity contribution < 1.29 is 27.8 Å². The molecule has 0 aromatic heterocycles. The quantitative estimate of drug-likeness (QED) is 0.381. The minimum Gasteiger partial charge on any atom is -0.505 e. The van der Waals surface area contributed by atoms with Crippen LogP contribution in [0.1, 0.15) is 43.1 Å². The second-order valence-corrected chi connectivity index (χ2v) is 9.88. The Morgan fingerprint density at radius 3 is 2.49 bits per heavy atom. The van der Waals surface area contributed by atoms with Crippen molar-refractivity contribution in [1.82, 2.24) is 4.90 Å². The Balaban J connectivity index is 1.39. The number of halogens is 3. The number of hydrogen-bond acceptors (Lipinski definition) is 4. The Bertz CT molecular complexity index is 1290. The van der Waals surface area contributed by atoms with Gasteiger partial charge in [-0.2, -0.15) is 0 Å². The van der Waals surface area contributed by atoms with Gasteiger partial charge in [-0.3, -0.25) is 9.29 Å². The summed E-state index contributed by atoms with van der Waals surface area (Å²) in [5.41, 5.74) is 3.78. The number of fused-ring (bicyclic) bond motifs is 1. The summed E-state index contributed by atoms with van der Waals surface area (Å²) in [6.45, 7) is 5.83. The first-order valence-corrected chi connectivity index (χ1v) is 12.5. The van der Waals surface area contributed by atoms with Crippen molar-refractivity contribution in [3.05, 3.63) is 89.0 Å². The SMILES string of the molecule is CC1=C(c2ccc(F)cc2)C(c2ccc(OCC(C)N3CCC(CF)C3)cc2)Oc2cc(F)c(O)cc21. The van der Waals surface area contributed by atoms with E-state index in [2.05, 4.69) is 11.8 Å². The number of phenols is 1. The monoisotopic (exact) mass is 509 g/mol. The summed E-state index contributed by atoms with van der Waals surface area (Å²) in [5, 5.41) is 9.95. The second-order valence-electron chi connectivity index (χ2n) is 9.88. The van der Waals surface area contributed by atoms with Gasteiger partial charge < -0.3 is 14.6 Å². The molecule has 1 fully saturated rings. The summed E-state index contributed by atoms with van der Waals surface area (Å²) in [6.07, 6.45) is 0.310. The first-order valence-electron chi connectivity index (χ1n) is 12.5. The lowest BCUT2D eigenvalue weighted by Crippen LogP contribution is -2.35. The van der Waals surface area contributed by atoms with Gasteiger partial charge in [0, 0.05) is 35.7 Å². The van der Waals surface area contributed by atoms with Crippen LogP contribution < -0.4 is 9.47 Å². The molecule has 0 bridgehead atoms. The highest BCUT2D eigenvalue weighted by Crippen LogP contribution is 2.48. The topological polar surface area (TPSA) is 41.9 Å². The van der Waals surface area contributed by atoms with Crippen LogP contribution >= 0.6 is 0 Å². The van der Waals surface area contributed by atoms with Crippen molar-refractivity contribution in [3.63, 3.8) is 0 Å². The van der Waals surface area contributed by atoms with Gasteiger partial charge in [-0.15, -0.1) is 0 Å². The molecular formula is C30H30F3NO3. The molecular weight excluding hydrogens is 479 g/mol. The third kappa shape index (κ3) is 5.18. The van der Waals surface area contributed by atoms with Crippen molar-refractivity contribution in [1.29, 1.82) is 0 Å². The summed E-state index contributed by atoms with van der Waals surface area (Å²) < 4.78 is 53.1. The molecule has 3 unspecified atom stereocenters. The molecule has 3 aromatic carbocycles. The Morgan fingerprint density at radius 1 is 1.08 bits per heavy atom. The third-order valence-electron chi connectivity index (χ3n) is 7.35. The summed E-state index contributed by atoms with van der Waals surface area (Å²) in [5.74, 6) is -0.414. The van der Waals surface area contributed by atoms with Crippen LogP contribution in [0.4, 0.5) is 13.2 Å². The van der Waals surface area contributed by atoms with Crippen LogP contribution in [0, 0.1) is 17.6 Å². The van der Waals surface area contributed by atoms with Gasteiger partial charge in [0.2, 0.25) is 0 Å². The lowest BCUT2D eigenvalue weighted by Gasteiger charge is -2.31. The molecule has 2 aliphatic heterocycles. The fraction of sp³-hybridized carbons (Fsp3) is 0.333. The molecule has 0 spiro atoms. The number of rotatable bonds is 7. The van der Waals surface area contributed by atoms with Gasteiger partial charge in [-0.25, -0.2) is 8.78 Å². The molecule has 194 valence electrons. The minimum absolute atomic E-state index is 0.117. The maximum Gasteiger partial charge on any atom is 0.168 e. The average Bonchev–Trinajstić information content (AvgIpc) is 3.39. The fourth-order valence-corrected chi connectivity index (χ4v) is 5.14. The summed E-state index contributed by atoms with van der Waals surface area (Å²) in [6, 6.07) is 16.4. The van der Waals surface area contributed by atoms with Crippen LogP contribution in [0.15, 0.2) is 60.7 Å². The maximum absolute atomic E-state index is 14.2. The Labute approximate surface area is 215 Å². The Kier molecular flexibility index (Phi) is 7.15. The van der Waals surface area contributed by atoms with E-state index in [9.17, 15) is 18.3 Å². The number of aromatic hydroxyl groups is 1. The van der Waals surface area contributed by atoms with E-state index in [1.54, 1.807) is 12.1 Å². The van der Waals surface area contributed by atoms with E-state index in [1.165, 1.54) is 24.3 Å². The average molecular weight is 510 g/mol. The minimum atomic E-state index is -0.760. The van der Waals surface area contributed by atoms with Gasteiger partial charge in [0.25, 0.3) is 0 Å². The zero-order valence-corrected chi connectivity index (χ0v) is 20.9. The normalized spacial score (nSPS) is 20.5. The maximum atomic E-state index is 14.2. The molecule has 1 saturated heterocycles. The number of alkyl halides is 1. The molecule has 1 N–H and O–H groups in total. The molecule has 2 aliphatic rings. The van der Waals surface area contributed by atoms with Crippen LogP contribution in [-0.2, 0) is 0 Å². The van der Waals surface area contributed by atoms with Crippen molar-refractivity contribution >= 4 is 11.1 Å². The smallest absolute Gasteiger partial charge is 0.168 e. The van der Waals surface area contributed by atoms with Gasteiger partial charge in [0.1, 0.15) is 30.0 Å². The third-order valence-corrected chi connectivity index (χ3v) is 7.35. The Hall–Kier alpha value is -3.45. The Morgan fingerprint density at radius 2 is 1.81 bits per heavy atom. The van der Waals surface area contributed by atoms with E-state index in [1.807, 2.05) is 31.2 Å². The molecule has 4 nitrogen and oxygen atoms in total. The predicted octanol–water partition coefficient (Wildman–Crippen LogP) is 6.79.